The van der Waals surface area contributed by atoms with Crippen molar-refractivity contribution in [1.82, 2.24) is 4.90 Å². The highest BCUT2D eigenvalue weighted by molar-refractivity contribution is 6.01. The first-order valence-corrected chi connectivity index (χ1v) is 8.12. The summed E-state index contributed by atoms with van der Waals surface area (Å²) < 4.78 is 5.80. The van der Waals surface area contributed by atoms with Crippen molar-refractivity contribution in [1.29, 1.82) is 5.41 Å². The molecule has 3 rings (SSSR count). The van der Waals surface area contributed by atoms with Gasteiger partial charge < -0.3 is 15.0 Å². The van der Waals surface area contributed by atoms with Crippen LogP contribution in [0, 0.1) is 11.3 Å². The monoisotopic (exact) mass is 310 g/mol. The van der Waals surface area contributed by atoms with Crippen LogP contribution in [-0.2, 0) is 4.79 Å². The van der Waals surface area contributed by atoms with E-state index in [1.807, 2.05) is 41.3 Å². The Morgan fingerprint density at radius 3 is 2.83 bits per heavy atom. The number of benzene rings is 2. The standard InChI is InChI=1S/C19H22N2O2/c1-14-5-4-10-21(12-14)19(22)13-23-18-9-8-15(11-20)16-6-2-3-7-17(16)18/h2-3,6-9,11,14,20H,4-5,10,12-13H2,1H3. The Hall–Kier alpha value is -2.36. The second-order valence-electron chi connectivity index (χ2n) is 6.22. The van der Waals surface area contributed by atoms with Gasteiger partial charge in [-0.3, -0.25) is 4.79 Å². The molecule has 1 amide bonds. The van der Waals surface area contributed by atoms with Crippen molar-refractivity contribution in [2.45, 2.75) is 19.8 Å². The summed E-state index contributed by atoms with van der Waals surface area (Å²) in [5.41, 5.74) is 0.851. The molecule has 1 heterocycles. The van der Waals surface area contributed by atoms with E-state index in [1.165, 1.54) is 12.6 Å². The van der Waals surface area contributed by atoms with E-state index in [2.05, 4.69) is 6.92 Å². The number of hydrogen-bond acceptors (Lipinski definition) is 3. The number of nitrogens with zero attached hydrogens (tertiary/aromatic N) is 1. The summed E-state index contributed by atoms with van der Waals surface area (Å²) >= 11 is 0. The van der Waals surface area contributed by atoms with E-state index in [0.29, 0.717) is 11.7 Å². The van der Waals surface area contributed by atoms with E-state index in [0.717, 1.165) is 35.8 Å². The Morgan fingerprint density at radius 1 is 1.30 bits per heavy atom. The highest BCUT2D eigenvalue weighted by Crippen LogP contribution is 2.28. The fourth-order valence-electron chi connectivity index (χ4n) is 3.19. The lowest BCUT2D eigenvalue weighted by Crippen LogP contribution is -2.41. The smallest absolute Gasteiger partial charge is 0.260 e. The van der Waals surface area contributed by atoms with Gasteiger partial charge in [0.05, 0.1) is 0 Å². The molecular formula is C19H22N2O2. The number of rotatable bonds is 4. The van der Waals surface area contributed by atoms with Crippen LogP contribution in [0.5, 0.6) is 5.75 Å². The Balaban J connectivity index is 1.74. The molecule has 1 aliphatic heterocycles. The second-order valence-corrected chi connectivity index (χ2v) is 6.22. The molecule has 23 heavy (non-hydrogen) atoms. The fraction of sp³-hybridized carbons (Fsp3) is 0.368. The molecule has 1 aliphatic rings. The van der Waals surface area contributed by atoms with Crippen LogP contribution in [0.25, 0.3) is 10.8 Å². The number of carbonyl (C=O) groups is 1. The van der Waals surface area contributed by atoms with Gasteiger partial charge in [0, 0.05) is 30.3 Å². The number of nitrogens with one attached hydrogen (secondary N) is 1. The lowest BCUT2D eigenvalue weighted by molar-refractivity contribution is -0.135. The first kappa shape index (κ1) is 15.5. The van der Waals surface area contributed by atoms with Gasteiger partial charge in [-0.15, -0.1) is 0 Å². The van der Waals surface area contributed by atoms with Crippen LogP contribution in [-0.4, -0.2) is 36.7 Å². The van der Waals surface area contributed by atoms with Crippen LogP contribution in [0.3, 0.4) is 0 Å². The minimum absolute atomic E-state index is 0.0526. The summed E-state index contributed by atoms with van der Waals surface area (Å²) in [7, 11) is 0. The molecule has 0 saturated carbocycles. The topological polar surface area (TPSA) is 53.4 Å². The highest BCUT2D eigenvalue weighted by atomic mass is 16.5. The van der Waals surface area contributed by atoms with Crippen LogP contribution in [0.4, 0.5) is 0 Å². The Bertz CT molecular complexity index is 726. The van der Waals surface area contributed by atoms with Crippen molar-refractivity contribution in [3.63, 3.8) is 0 Å². The first-order valence-electron chi connectivity index (χ1n) is 8.12. The van der Waals surface area contributed by atoms with E-state index >= 15 is 0 Å². The third-order valence-electron chi connectivity index (χ3n) is 4.43. The molecule has 2 aromatic carbocycles. The number of fused-ring (bicyclic) bond motifs is 1. The van der Waals surface area contributed by atoms with Crippen molar-refractivity contribution in [3.8, 4) is 5.75 Å². The summed E-state index contributed by atoms with van der Waals surface area (Å²) in [5.74, 6) is 1.32. The molecule has 0 aromatic heterocycles. The average molecular weight is 310 g/mol. The molecule has 1 fully saturated rings. The molecule has 4 nitrogen and oxygen atoms in total. The normalized spacial score (nSPS) is 18.0. The molecule has 1 unspecified atom stereocenters. The highest BCUT2D eigenvalue weighted by Gasteiger charge is 2.21. The maximum Gasteiger partial charge on any atom is 0.260 e. The van der Waals surface area contributed by atoms with E-state index in [1.54, 1.807) is 0 Å². The zero-order chi connectivity index (χ0) is 16.2. The fourth-order valence-corrected chi connectivity index (χ4v) is 3.19. The number of carbonyl (C=O) groups excluding carboxylic acids is 1. The molecule has 1 saturated heterocycles. The first-order chi connectivity index (χ1) is 11.2. The quantitative estimate of drug-likeness (QED) is 0.879. The third-order valence-corrected chi connectivity index (χ3v) is 4.43. The number of ether oxygens (including phenoxy) is 1. The molecule has 1 N–H and O–H groups in total. The van der Waals surface area contributed by atoms with Crippen molar-refractivity contribution in [2.75, 3.05) is 19.7 Å². The van der Waals surface area contributed by atoms with Crippen molar-refractivity contribution >= 4 is 22.9 Å². The van der Waals surface area contributed by atoms with E-state index in [9.17, 15) is 4.79 Å². The summed E-state index contributed by atoms with van der Waals surface area (Å²) in [6, 6.07) is 11.5. The van der Waals surface area contributed by atoms with Crippen LogP contribution in [0.2, 0.25) is 0 Å². The van der Waals surface area contributed by atoms with E-state index in [-0.39, 0.29) is 12.5 Å². The number of hydrogen-bond donors (Lipinski definition) is 1. The molecule has 0 spiro atoms. The zero-order valence-electron chi connectivity index (χ0n) is 13.4. The van der Waals surface area contributed by atoms with Gasteiger partial charge in [0.2, 0.25) is 0 Å². The largest absolute Gasteiger partial charge is 0.483 e. The van der Waals surface area contributed by atoms with Crippen molar-refractivity contribution < 1.29 is 9.53 Å². The molecule has 0 radical (unpaired) electrons. The molecule has 4 heteroatoms. The number of piperidine rings is 1. The maximum atomic E-state index is 12.3. The summed E-state index contributed by atoms with van der Waals surface area (Å²) in [4.78, 5) is 14.2. The van der Waals surface area contributed by atoms with Gasteiger partial charge in [0.15, 0.2) is 6.61 Å². The third kappa shape index (κ3) is 3.36. The lowest BCUT2D eigenvalue weighted by atomic mass is 10.0. The van der Waals surface area contributed by atoms with Gasteiger partial charge in [0.25, 0.3) is 5.91 Å². The van der Waals surface area contributed by atoms with Gasteiger partial charge in [-0.2, -0.15) is 0 Å². The summed E-state index contributed by atoms with van der Waals surface area (Å²) in [6.07, 6.45) is 3.61. The van der Waals surface area contributed by atoms with Crippen molar-refractivity contribution in [3.05, 3.63) is 42.0 Å². The second kappa shape index (κ2) is 6.82. The van der Waals surface area contributed by atoms with Gasteiger partial charge in [-0.1, -0.05) is 31.2 Å². The molecule has 1 atom stereocenters. The number of likely N-dealkylation sites (tertiary alicyclic amines) is 1. The SMILES string of the molecule is CC1CCCN(C(=O)COc2ccc(C=N)c3ccccc23)C1. The predicted molar refractivity (Wildman–Crippen MR) is 92.3 cm³/mol. The van der Waals surface area contributed by atoms with Crippen LogP contribution < -0.4 is 4.74 Å². The Labute approximate surface area is 136 Å². The maximum absolute atomic E-state index is 12.3. The minimum atomic E-state index is 0.0526. The van der Waals surface area contributed by atoms with Crippen LogP contribution in [0.15, 0.2) is 36.4 Å². The molecule has 0 bridgehead atoms. The lowest BCUT2D eigenvalue weighted by Gasteiger charge is -2.30. The van der Waals surface area contributed by atoms with Gasteiger partial charge in [0.1, 0.15) is 5.75 Å². The molecular weight excluding hydrogens is 288 g/mol. The molecule has 0 aliphatic carbocycles. The van der Waals surface area contributed by atoms with E-state index < -0.39 is 0 Å². The van der Waals surface area contributed by atoms with Gasteiger partial charge in [-0.25, -0.2) is 0 Å². The van der Waals surface area contributed by atoms with Gasteiger partial charge in [-0.05, 0) is 36.3 Å². The Kier molecular flexibility index (Phi) is 4.60. The summed E-state index contributed by atoms with van der Waals surface area (Å²) in [5, 5.41) is 9.40. The average Bonchev–Trinajstić information content (AvgIpc) is 2.59. The minimum Gasteiger partial charge on any atom is -0.483 e. The van der Waals surface area contributed by atoms with Crippen LogP contribution >= 0.6 is 0 Å². The van der Waals surface area contributed by atoms with Crippen molar-refractivity contribution in [2.24, 2.45) is 5.92 Å². The van der Waals surface area contributed by atoms with E-state index in [4.69, 9.17) is 10.1 Å². The summed E-state index contributed by atoms with van der Waals surface area (Å²) in [6.45, 7) is 3.92. The molecule has 2 aromatic rings. The Morgan fingerprint density at radius 2 is 2.09 bits per heavy atom. The predicted octanol–water partition coefficient (Wildman–Crippen LogP) is 3.47. The molecule has 120 valence electrons. The van der Waals surface area contributed by atoms with Crippen LogP contribution in [0.1, 0.15) is 25.3 Å². The van der Waals surface area contributed by atoms with Gasteiger partial charge >= 0.3 is 0 Å². The zero-order valence-corrected chi connectivity index (χ0v) is 13.4. The number of amides is 1.